The zero-order chi connectivity index (χ0) is 24.5. The smallest absolute Gasteiger partial charge is 0.310 e. The average molecular weight is 470 g/mol. The van der Waals surface area contributed by atoms with Gasteiger partial charge in [-0.2, -0.15) is 4.98 Å². The molecule has 186 valence electrons. The van der Waals surface area contributed by atoms with Crippen LogP contribution in [0.5, 0.6) is 5.75 Å². The van der Waals surface area contributed by atoms with E-state index in [4.69, 9.17) is 15.2 Å². The van der Waals surface area contributed by atoms with Crippen LogP contribution in [-0.4, -0.2) is 61.2 Å². The van der Waals surface area contributed by atoms with Gasteiger partial charge in [0.25, 0.3) is 0 Å². The Kier molecular flexibility index (Phi) is 9.51. The number of nitrogen functional groups attached to an aromatic ring is 1. The molecule has 0 unspecified atom stereocenters. The molecular weight excluding hydrogens is 430 g/mol. The lowest BCUT2D eigenvalue weighted by atomic mass is 9.98. The maximum atomic E-state index is 12.5. The summed E-state index contributed by atoms with van der Waals surface area (Å²) in [6.45, 7) is 7.54. The minimum Gasteiger partial charge on any atom is -0.496 e. The summed E-state index contributed by atoms with van der Waals surface area (Å²) in [7, 11) is 3.78. The van der Waals surface area contributed by atoms with Crippen molar-refractivity contribution < 1.29 is 14.3 Å². The molecule has 0 amide bonds. The van der Waals surface area contributed by atoms with E-state index in [0.29, 0.717) is 18.9 Å². The van der Waals surface area contributed by atoms with Crippen molar-refractivity contribution in [2.45, 2.75) is 52.4 Å². The third kappa shape index (κ3) is 7.32. The van der Waals surface area contributed by atoms with Crippen LogP contribution in [0.25, 0.3) is 0 Å². The van der Waals surface area contributed by atoms with E-state index in [-0.39, 0.29) is 18.3 Å². The molecule has 8 heteroatoms. The molecule has 8 nitrogen and oxygen atoms in total. The summed E-state index contributed by atoms with van der Waals surface area (Å²) in [6.07, 6.45) is 5.10. The van der Waals surface area contributed by atoms with Gasteiger partial charge in [0.1, 0.15) is 11.6 Å². The number of esters is 1. The number of ether oxygens (including phenoxy) is 2. The van der Waals surface area contributed by atoms with Crippen LogP contribution in [0.15, 0.2) is 18.2 Å². The Morgan fingerprint density at radius 1 is 1.26 bits per heavy atom. The molecule has 1 saturated heterocycles. The Bertz CT molecular complexity index is 958. The van der Waals surface area contributed by atoms with Gasteiger partial charge in [-0.15, -0.1) is 0 Å². The predicted molar refractivity (Wildman–Crippen MR) is 135 cm³/mol. The molecule has 34 heavy (non-hydrogen) atoms. The number of unbranched alkanes of at least 4 members (excludes halogenated alkanes) is 1. The minimum atomic E-state index is -0.191. The molecule has 2 heterocycles. The predicted octanol–water partition coefficient (Wildman–Crippen LogP) is 3.61. The Balaban J connectivity index is 1.70. The van der Waals surface area contributed by atoms with Crippen molar-refractivity contribution in [3.63, 3.8) is 0 Å². The van der Waals surface area contributed by atoms with Gasteiger partial charge in [-0.3, -0.25) is 4.79 Å². The van der Waals surface area contributed by atoms with Crippen molar-refractivity contribution in [2.24, 2.45) is 5.92 Å². The van der Waals surface area contributed by atoms with Gasteiger partial charge >= 0.3 is 5.97 Å². The molecule has 3 N–H and O–H groups in total. The Labute approximate surface area is 203 Å². The standard InChI is InChI=1S/C26H39N5O3/c1-5-6-11-28-25-22(18(2)29-26(27)30-25)16-21-14-20(7-8-23(21)33-4)15-24(32)34-17-19-9-12-31(3)13-10-19/h7-8,14,19H,5-6,9-13,15-17H2,1-4H3,(H3,27,28,29,30). The van der Waals surface area contributed by atoms with E-state index in [1.165, 1.54) is 0 Å². The lowest BCUT2D eigenvalue weighted by Crippen LogP contribution is -2.32. The molecule has 1 fully saturated rings. The largest absolute Gasteiger partial charge is 0.496 e. The van der Waals surface area contributed by atoms with Crippen LogP contribution in [0.4, 0.5) is 11.8 Å². The topological polar surface area (TPSA) is 103 Å². The summed E-state index contributed by atoms with van der Waals surface area (Å²) >= 11 is 0. The molecule has 1 aromatic heterocycles. The summed E-state index contributed by atoms with van der Waals surface area (Å²) in [5.74, 6) is 2.04. The second-order valence-corrected chi connectivity index (χ2v) is 9.20. The number of aryl methyl sites for hydroxylation is 1. The van der Waals surface area contributed by atoms with Crippen molar-refractivity contribution in [1.29, 1.82) is 0 Å². The van der Waals surface area contributed by atoms with E-state index in [9.17, 15) is 4.79 Å². The number of aromatic nitrogens is 2. The molecule has 3 rings (SSSR count). The van der Waals surface area contributed by atoms with E-state index in [0.717, 1.165) is 79.3 Å². The first-order chi connectivity index (χ1) is 16.4. The third-order valence-electron chi connectivity index (χ3n) is 6.43. The number of hydrogen-bond donors (Lipinski definition) is 2. The number of nitrogens with two attached hydrogens (primary N) is 1. The second-order valence-electron chi connectivity index (χ2n) is 9.20. The molecule has 1 aliphatic heterocycles. The second kappa shape index (κ2) is 12.6. The van der Waals surface area contributed by atoms with Crippen LogP contribution in [0.1, 0.15) is 55.0 Å². The fourth-order valence-electron chi connectivity index (χ4n) is 4.29. The molecule has 0 bridgehead atoms. The number of rotatable bonds is 11. The first kappa shape index (κ1) is 25.7. The van der Waals surface area contributed by atoms with Crippen molar-refractivity contribution in [3.8, 4) is 5.75 Å². The van der Waals surface area contributed by atoms with Crippen LogP contribution < -0.4 is 15.8 Å². The normalized spacial score (nSPS) is 14.7. The highest BCUT2D eigenvalue weighted by Crippen LogP contribution is 2.28. The number of anilines is 2. The summed E-state index contributed by atoms with van der Waals surface area (Å²) in [6, 6.07) is 5.85. The van der Waals surface area contributed by atoms with Gasteiger partial charge in [0, 0.05) is 24.2 Å². The molecule has 1 aromatic carbocycles. The highest BCUT2D eigenvalue weighted by Gasteiger charge is 2.19. The summed E-state index contributed by atoms with van der Waals surface area (Å²) in [5, 5.41) is 3.40. The number of nitrogens with zero attached hydrogens (tertiary/aromatic N) is 3. The fraction of sp³-hybridized carbons (Fsp3) is 0.577. The molecule has 0 radical (unpaired) electrons. The van der Waals surface area contributed by atoms with Crippen LogP contribution in [0.2, 0.25) is 0 Å². The van der Waals surface area contributed by atoms with E-state index in [1.807, 2.05) is 25.1 Å². The van der Waals surface area contributed by atoms with Crippen LogP contribution in [0.3, 0.4) is 0 Å². The van der Waals surface area contributed by atoms with Crippen molar-refractivity contribution in [2.75, 3.05) is 51.4 Å². The van der Waals surface area contributed by atoms with Crippen LogP contribution in [-0.2, 0) is 22.4 Å². The monoisotopic (exact) mass is 469 g/mol. The van der Waals surface area contributed by atoms with E-state index in [2.05, 4.69) is 34.2 Å². The van der Waals surface area contributed by atoms with Gasteiger partial charge in [-0.05, 0) is 69.4 Å². The zero-order valence-corrected chi connectivity index (χ0v) is 21.0. The van der Waals surface area contributed by atoms with Crippen molar-refractivity contribution in [3.05, 3.63) is 40.6 Å². The summed E-state index contributed by atoms with van der Waals surface area (Å²) in [5.41, 5.74) is 9.59. The Hall–Kier alpha value is -2.87. The minimum absolute atomic E-state index is 0.191. The highest BCUT2D eigenvalue weighted by molar-refractivity contribution is 5.72. The molecule has 0 spiro atoms. The van der Waals surface area contributed by atoms with E-state index >= 15 is 0 Å². The average Bonchev–Trinajstić information content (AvgIpc) is 2.81. The maximum Gasteiger partial charge on any atom is 0.310 e. The third-order valence-corrected chi connectivity index (χ3v) is 6.43. The fourth-order valence-corrected chi connectivity index (χ4v) is 4.29. The SMILES string of the molecule is CCCCNc1nc(N)nc(C)c1Cc1cc(CC(=O)OCC2CCN(C)CC2)ccc1OC. The first-order valence-electron chi connectivity index (χ1n) is 12.3. The number of hydrogen-bond acceptors (Lipinski definition) is 8. The van der Waals surface area contributed by atoms with Gasteiger partial charge in [0.2, 0.25) is 5.95 Å². The molecule has 0 aliphatic carbocycles. The number of methoxy groups -OCH3 is 1. The summed E-state index contributed by atoms with van der Waals surface area (Å²) in [4.78, 5) is 23.6. The molecule has 0 atom stereocenters. The van der Waals surface area contributed by atoms with Crippen LogP contribution in [0, 0.1) is 12.8 Å². The van der Waals surface area contributed by atoms with Gasteiger partial charge in [0.15, 0.2) is 0 Å². The van der Waals surface area contributed by atoms with Gasteiger partial charge in [0.05, 0.1) is 20.1 Å². The Morgan fingerprint density at radius 3 is 2.74 bits per heavy atom. The molecule has 1 aliphatic rings. The maximum absolute atomic E-state index is 12.5. The number of carbonyl (C=O) groups excluding carboxylic acids is 1. The number of carbonyl (C=O) groups is 1. The van der Waals surface area contributed by atoms with Gasteiger partial charge < -0.3 is 25.4 Å². The Morgan fingerprint density at radius 2 is 2.03 bits per heavy atom. The number of likely N-dealkylation sites (tertiary alicyclic amines) is 1. The van der Waals surface area contributed by atoms with Gasteiger partial charge in [-0.25, -0.2) is 4.98 Å². The summed E-state index contributed by atoms with van der Waals surface area (Å²) < 4.78 is 11.2. The van der Waals surface area contributed by atoms with Gasteiger partial charge in [-0.1, -0.05) is 25.5 Å². The van der Waals surface area contributed by atoms with E-state index < -0.39 is 0 Å². The molecule has 2 aromatic rings. The first-order valence-corrected chi connectivity index (χ1v) is 12.3. The number of benzene rings is 1. The number of piperidine rings is 1. The zero-order valence-electron chi connectivity index (χ0n) is 21.0. The van der Waals surface area contributed by atoms with Crippen molar-refractivity contribution in [1.82, 2.24) is 14.9 Å². The van der Waals surface area contributed by atoms with Crippen LogP contribution >= 0.6 is 0 Å². The molecule has 0 saturated carbocycles. The lowest BCUT2D eigenvalue weighted by Gasteiger charge is -2.28. The highest BCUT2D eigenvalue weighted by atomic mass is 16.5. The van der Waals surface area contributed by atoms with Crippen molar-refractivity contribution >= 4 is 17.7 Å². The quantitative estimate of drug-likeness (QED) is 0.380. The lowest BCUT2D eigenvalue weighted by molar-refractivity contribution is -0.144. The van der Waals surface area contributed by atoms with E-state index in [1.54, 1.807) is 7.11 Å². The molecular formula is C26H39N5O3. The number of nitrogens with one attached hydrogen (secondary N) is 1.